The van der Waals surface area contributed by atoms with Crippen molar-refractivity contribution in [1.82, 2.24) is 4.90 Å². The van der Waals surface area contributed by atoms with Gasteiger partial charge in [0.05, 0.1) is 37.7 Å². The minimum Gasteiger partial charge on any atom is -0.464 e. The zero-order chi connectivity index (χ0) is 19.8. The molecule has 1 aromatic carbocycles. The third-order valence-electron chi connectivity index (χ3n) is 4.30. The molecular weight excluding hydrogens is 346 g/mol. The summed E-state index contributed by atoms with van der Waals surface area (Å²) in [5, 5.41) is 18.2. The maximum Gasteiger partial charge on any atom is 0.310 e. The van der Waals surface area contributed by atoms with Crippen LogP contribution in [0.5, 0.6) is 0 Å². The Kier molecular flexibility index (Phi) is 6.96. The summed E-state index contributed by atoms with van der Waals surface area (Å²) in [7, 11) is 0. The Labute approximate surface area is 157 Å². The van der Waals surface area contributed by atoms with E-state index in [9.17, 15) is 9.59 Å². The summed E-state index contributed by atoms with van der Waals surface area (Å²) in [4.78, 5) is 25.6. The van der Waals surface area contributed by atoms with E-state index in [1.807, 2.05) is 38.1 Å². The highest BCUT2D eigenvalue weighted by Crippen LogP contribution is 2.25. The van der Waals surface area contributed by atoms with Gasteiger partial charge in [-0.25, -0.2) is 0 Å². The Morgan fingerprint density at radius 3 is 2.37 bits per heavy atom. The average molecular weight is 367 g/mol. The predicted octanol–water partition coefficient (Wildman–Crippen LogP) is 2.79. The number of carbonyl (C=O) groups excluding carboxylic acids is 2. The Bertz CT molecular complexity index is 900. The molecule has 0 aliphatic carbocycles. The number of hydrogen-bond donors (Lipinski definition) is 0. The quantitative estimate of drug-likeness (QED) is 0.664. The second-order valence-corrected chi connectivity index (χ2v) is 6.23. The first-order valence-corrected chi connectivity index (χ1v) is 8.61. The molecule has 140 valence electrons. The molecule has 0 aliphatic heterocycles. The first-order valence-electron chi connectivity index (χ1n) is 8.61. The number of esters is 1. The second kappa shape index (κ2) is 9.40. The van der Waals surface area contributed by atoms with Crippen molar-refractivity contribution >= 4 is 22.8 Å². The summed E-state index contributed by atoms with van der Waals surface area (Å²) < 4.78 is 10.6. The molecule has 1 amide bonds. The van der Waals surface area contributed by atoms with E-state index >= 15 is 0 Å². The Hall–Kier alpha value is -3.32. The lowest BCUT2D eigenvalue weighted by Crippen LogP contribution is -2.36. The van der Waals surface area contributed by atoms with Crippen LogP contribution in [-0.4, -0.2) is 36.5 Å². The molecule has 7 heteroatoms. The van der Waals surface area contributed by atoms with Gasteiger partial charge in [0, 0.05) is 24.0 Å². The minimum atomic E-state index is -0.537. The van der Waals surface area contributed by atoms with Gasteiger partial charge in [0.25, 0.3) is 5.91 Å². The number of fused-ring (bicyclic) bond motifs is 1. The predicted molar refractivity (Wildman–Crippen MR) is 97.4 cm³/mol. The van der Waals surface area contributed by atoms with Gasteiger partial charge in [-0.15, -0.1) is 0 Å². The van der Waals surface area contributed by atoms with Gasteiger partial charge in [-0.3, -0.25) is 9.59 Å². The fraction of sp³-hybridized carbons (Fsp3) is 0.400. The molecule has 7 nitrogen and oxygen atoms in total. The lowest BCUT2D eigenvalue weighted by molar-refractivity contribution is -0.151. The van der Waals surface area contributed by atoms with E-state index in [1.54, 1.807) is 0 Å². The number of amides is 1. The molecule has 0 saturated heterocycles. The van der Waals surface area contributed by atoms with Crippen molar-refractivity contribution < 1.29 is 18.7 Å². The first-order chi connectivity index (χ1) is 13.0. The molecule has 1 aromatic heterocycles. The van der Waals surface area contributed by atoms with Crippen LogP contribution in [0.3, 0.4) is 0 Å². The minimum absolute atomic E-state index is 0.000821. The van der Waals surface area contributed by atoms with Crippen molar-refractivity contribution in [3.63, 3.8) is 0 Å². The van der Waals surface area contributed by atoms with Crippen molar-refractivity contribution in [2.24, 2.45) is 0 Å². The zero-order valence-electron chi connectivity index (χ0n) is 15.4. The summed E-state index contributed by atoms with van der Waals surface area (Å²) in [5.41, 5.74) is 3.61. The fourth-order valence-electron chi connectivity index (χ4n) is 2.64. The highest BCUT2D eigenvalue weighted by molar-refractivity contribution is 5.87. The largest absolute Gasteiger partial charge is 0.464 e. The lowest BCUT2D eigenvalue weighted by Gasteiger charge is -2.20. The summed E-state index contributed by atoms with van der Waals surface area (Å²) in [6, 6.07) is 7.80. The number of nitriles is 2. The second-order valence-electron chi connectivity index (χ2n) is 6.23. The standard InChI is InChI=1S/C20H21N3O4/c1-14-9-17-16(12-26-18(17)10-15(14)2)11-20(25)27-13-19(24)23(7-3-5-21)8-4-6-22/h9-10,12H,3-4,7-8,11,13H2,1-2H3. The van der Waals surface area contributed by atoms with E-state index in [-0.39, 0.29) is 32.4 Å². The van der Waals surface area contributed by atoms with Crippen molar-refractivity contribution in [3.05, 3.63) is 35.1 Å². The number of nitrogens with zero attached hydrogens (tertiary/aromatic N) is 3. The number of carbonyl (C=O) groups is 2. The Morgan fingerprint density at radius 1 is 1.11 bits per heavy atom. The van der Waals surface area contributed by atoms with E-state index in [0.29, 0.717) is 11.1 Å². The van der Waals surface area contributed by atoms with Gasteiger partial charge in [0.1, 0.15) is 5.58 Å². The van der Waals surface area contributed by atoms with Gasteiger partial charge in [-0.1, -0.05) is 0 Å². The lowest BCUT2D eigenvalue weighted by atomic mass is 10.0. The third-order valence-corrected chi connectivity index (χ3v) is 4.30. The van der Waals surface area contributed by atoms with Crippen LogP contribution >= 0.6 is 0 Å². The van der Waals surface area contributed by atoms with Crippen LogP contribution in [0, 0.1) is 36.5 Å². The molecule has 0 fully saturated rings. The summed E-state index contributed by atoms with van der Waals surface area (Å²) >= 11 is 0. The van der Waals surface area contributed by atoms with E-state index in [4.69, 9.17) is 19.7 Å². The molecule has 0 unspecified atom stereocenters. The van der Waals surface area contributed by atoms with Gasteiger partial charge in [-0.2, -0.15) is 10.5 Å². The van der Waals surface area contributed by atoms with Crippen molar-refractivity contribution in [3.8, 4) is 12.1 Å². The monoisotopic (exact) mass is 367 g/mol. The normalized spacial score (nSPS) is 10.2. The van der Waals surface area contributed by atoms with Crippen LogP contribution in [0.15, 0.2) is 22.8 Å². The van der Waals surface area contributed by atoms with Crippen LogP contribution in [0.25, 0.3) is 11.0 Å². The smallest absolute Gasteiger partial charge is 0.310 e. The van der Waals surface area contributed by atoms with Crippen LogP contribution < -0.4 is 0 Å². The number of hydrogen-bond acceptors (Lipinski definition) is 6. The molecule has 0 spiro atoms. The molecule has 0 radical (unpaired) electrons. The third kappa shape index (κ3) is 5.32. The number of benzene rings is 1. The van der Waals surface area contributed by atoms with Crippen molar-refractivity contribution in [2.45, 2.75) is 33.1 Å². The average Bonchev–Trinajstić information content (AvgIpc) is 3.01. The van der Waals surface area contributed by atoms with Crippen molar-refractivity contribution in [2.75, 3.05) is 19.7 Å². The summed E-state index contributed by atoms with van der Waals surface area (Å²) in [6.45, 7) is 3.98. The molecule has 27 heavy (non-hydrogen) atoms. The molecule has 2 aromatic rings. The van der Waals surface area contributed by atoms with Crippen LogP contribution in [-0.2, 0) is 20.7 Å². The highest BCUT2D eigenvalue weighted by atomic mass is 16.5. The van der Waals surface area contributed by atoms with E-state index in [1.165, 1.54) is 11.2 Å². The maximum absolute atomic E-state index is 12.2. The van der Waals surface area contributed by atoms with Crippen molar-refractivity contribution in [1.29, 1.82) is 10.5 Å². The van der Waals surface area contributed by atoms with Gasteiger partial charge in [0.2, 0.25) is 0 Å². The molecule has 0 bridgehead atoms. The Morgan fingerprint density at radius 2 is 1.74 bits per heavy atom. The summed E-state index contributed by atoms with van der Waals surface area (Å²) in [5.74, 6) is -0.956. The van der Waals surface area contributed by atoms with Gasteiger partial charge >= 0.3 is 5.97 Å². The highest BCUT2D eigenvalue weighted by Gasteiger charge is 2.17. The number of aryl methyl sites for hydroxylation is 2. The van der Waals surface area contributed by atoms with Gasteiger partial charge < -0.3 is 14.1 Å². The molecule has 0 N–H and O–H groups in total. The maximum atomic E-state index is 12.2. The zero-order valence-corrected chi connectivity index (χ0v) is 15.4. The van der Waals surface area contributed by atoms with Gasteiger partial charge in [-0.05, 0) is 37.1 Å². The molecule has 0 atom stereocenters. The molecule has 0 saturated carbocycles. The topological polar surface area (TPSA) is 107 Å². The number of rotatable bonds is 8. The summed E-state index contributed by atoms with van der Waals surface area (Å²) in [6.07, 6.45) is 1.84. The number of furan rings is 1. The van der Waals surface area contributed by atoms with Crippen LogP contribution in [0.1, 0.15) is 29.5 Å². The fourth-order valence-corrected chi connectivity index (χ4v) is 2.64. The van der Waals surface area contributed by atoms with Crippen LogP contribution in [0.2, 0.25) is 0 Å². The molecule has 0 aliphatic rings. The first kappa shape index (κ1) is 20.0. The SMILES string of the molecule is Cc1cc2occ(CC(=O)OCC(=O)N(CCC#N)CCC#N)c2cc1C. The molecular formula is C20H21N3O4. The van der Waals surface area contributed by atoms with Gasteiger partial charge in [0.15, 0.2) is 6.61 Å². The molecule has 2 rings (SSSR count). The van der Waals surface area contributed by atoms with Crippen LogP contribution in [0.4, 0.5) is 0 Å². The van der Waals surface area contributed by atoms with E-state index in [2.05, 4.69) is 0 Å². The Balaban J connectivity index is 1.95. The molecule has 1 heterocycles. The number of ether oxygens (including phenoxy) is 1. The van der Waals surface area contributed by atoms with E-state index in [0.717, 1.165) is 16.5 Å². The van der Waals surface area contributed by atoms with E-state index < -0.39 is 18.5 Å².